The van der Waals surface area contributed by atoms with Crippen LogP contribution in [0.4, 0.5) is 0 Å². The topological polar surface area (TPSA) is 47.6 Å². The van der Waals surface area contributed by atoms with Gasteiger partial charge in [0.1, 0.15) is 12.4 Å². The van der Waals surface area contributed by atoms with Crippen LogP contribution in [-0.2, 0) is 9.53 Å². The minimum atomic E-state index is -0.730. The number of ether oxygens (including phenoxy) is 2. The second kappa shape index (κ2) is 5.83. The van der Waals surface area contributed by atoms with Crippen LogP contribution in [0, 0.1) is 19.8 Å². The number of likely N-dealkylation sites (N-methyl/N-ethyl adjacent to an activating group) is 1. The summed E-state index contributed by atoms with van der Waals surface area (Å²) in [5.41, 5.74) is 1.55. The quantitative estimate of drug-likeness (QED) is 0.810. The van der Waals surface area contributed by atoms with Crippen LogP contribution in [0.15, 0.2) is 18.2 Å². The average Bonchev–Trinajstić information content (AvgIpc) is 3.26. The van der Waals surface area contributed by atoms with Crippen LogP contribution in [0.2, 0.25) is 0 Å². The molecule has 0 amide bonds. The largest absolute Gasteiger partial charge is 0.491 e. The molecule has 1 atom stereocenters. The van der Waals surface area contributed by atoms with Crippen molar-refractivity contribution in [3.63, 3.8) is 0 Å². The summed E-state index contributed by atoms with van der Waals surface area (Å²) in [4.78, 5) is 12.1. The van der Waals surface area contributed by atoms with E-state index in [1.165, 1.54) is 12.7 Å². The summed E-state index contributed by atoms with van der Waals surface area (Å²) in [6.07, 6.45) is 2.07. The fourth-order valence-electron chi connectivity index (χ4n) is 2.63. The number of nitrogens with one attached hydrogen (secondary N) is 1. The van der Waals surface area contributed by atoms with Crippen molar-refractivity contribution < 1.29 is 14.3 Å². The van der Waals surface area contributed by atoms with Gasteiger partial charge in [0.15, 0.2) is 5.54 Å². The first-order chi connectivity index (χ1) is 9.53. The summed E-state index contributed by atoms with van der Waals surface area (Å²) in [5.74, 6) is 0.873. The molecule has 4 nitrogen and oxygen atoms in total. The average molecular weight is 277 g/mol. The lowest BCUT2D eigenvalue weighted by atomic mass is 9.94. The Bertz CT molecular complexity index is 496. The third-order valence-corrected chi connectivity index (χ3v) is 4.06. The van der Waals surface area contributed by atoms with E-state index in [0.29, 0.717) is 12.5 Å². The predicted octanol–water partition coefficient (Wildman–Crippen LogP) is 2.22. The van der Waals surface area contributed by atoms with Crippen LogP contribution in [0.5, 0.6) is 5.75 Å². The molecule has 0 heterocycles. The summed E-state index contributed by atoms with van der Waals surface area (Å²) in [5, 5.41) is 3.13. The molecule has 1 aliphatic carbocycles. The summed E-state index contributed by atoms with van der Waals surface area (Å²) >= 11 is 0. The first kappa shape index (κ1) is 14.9. The van der Waals surface area contributed by atoms with Gasteiger partial charge in [-0.2, -0.15) is 0 Å². The molecule has 1 aromatic carbocycles. The Balaban J connectivity index is 2.14. The minimum absolute atomic E-state index is 0.243. The molecule has 4 heteroatoms. The van der Waals surface area contributed by atoms with Gasteiger partial charge in [-0.15, -0.1) is 0 Å². The highest BCUT2D eigenvalue weighted by molar-refractivity contribution is 5.82. The molecule has 1 fully saturated rings. The van der Waals surface area contributed by atoms with Gasteiger partial charge in [-0.05, 0) is 51.3 Å². The third kappa shape index (κ3) is 2.80. The highest BCUT2D eigenvalue weighted by Gasteiger charge is 2.51. The standard InChI is InChI=1S/C16H23NO3/c1-11-5-8-14(12(2)9-11)20-10-16(17-3,13-6-7-13)15(18)19-4/h5,8-9,13,17H,6-7,10H2,1-4H3. The molecule has 1 aliphatic rings. The number of hydrogen-bond donors (Lipinski definition) is 1. The first-order valence-corrected chi connectivity index (χ1v) is 7.01. The molecule has 20 heavy (non-hydrogen) atoms. The van der Waals surface area contributed by atoms with Crippen molar-refractivity contribution in [3.05, 3.63) is 29.3 Å². The summed E-state index contributed by atoms with van der Waals surface area (Å²) in [7, 11) is 3.22. The van der Waals surface area contributed by atoms with Crippen molar-refractivity contribution in [2.45, 2.75) is 32.2 Å². The Morgan fingerprint density at radius 2 is 2.10 bits per heavy atom. The number of hydrogen-bond acceptors (Lipinski definition) is 4. The first-order valence-electron chi connectivity index (χ1n) is 7.01. The zero-order valence-corrected chi connectivity index (χ0v) is 12.7. The Kier molecular flexibility index (Phi) is 4.33. The van der Waals surface area contributed by atoms with E-state index in [4.69, 9.17) is 9.47 Å². The number of benzene rings is 1. The zero-order valence-electron chi connectivity index (χ0n) is 12.7. The number of esters is 1. The molecule has 1 unspecified atom stereocenters. The van der Waals surface area contributed by atoms with Gasteiger partial charge in [0.2, 0.25) is 0 Å². The van der Waals surface area contributed by atoms with Crippen molar-refractivity contribution in [2.24, 2.45) is 5.92 Å². The lowest BCUT2D eigenvalue weighted by molar-refractivity contribution is -0.151. The van der Waals surface area contributed by atoms with Crippen molar-refractivity contribution in [3.8, 4) is 5.75 Å². The lowest BCUT2D eigenvalue weighted by Crippen LogP contribution is -2.57. The molecule has 0 aliphatic heterocycles. The van der Waals surface area contributed by atoms with Crippen LogP contribution < -0.4 is 10.1 Å². The summed E-state index contributed by atoms with van der Waals surface area (Å²) in [6.45, 7) is 4.36. The number of carbonyl (C=O) groups excluding carboxylic acids is 1. The number of aryl methyl sites for hydroxylation is 2. The molecule has 0 saturated heterocycles. The van der Waals surface area contributed by atoms with Crippen molar-refractivity contribution in [1.82, 2.24) is 5.32 Å². The Labute approximate surface area is 120 Å². The Hall–Kier alpha value is -1.55. The fourth-order valence-corrected chi connectivity index (χ4v) is 2.63. The van der Waals surface area contributed by atoms with Gasteiger partial charge in [-0.1, -0.05) is 17.7 Å². The molecule has 110 valence electrons. The van der Waals surface area contributed by atoms with E-state index in [1.54, 1.807) is 7.05 Å². The number of methoxy groups -OCH3 is 1. The van der Waals surface area contributed by atoms with E-state index in [2.05, 4.69) is 11.4 Å². The predicted molar refractivity (Wildman–Crippen MR) is 77.9 cm³/mol. The molecular formula is C16H23NO3. The number of rotatable bonds is 6. The fraction of sp³-hybridized carbons (Fsp3) is 0.562. The molecule has 0 radical (unpaired) electrons. The van der Waals surface area contributed by atoms with Gasteiger partial charge in [-0.25, -0.2) is 4.79 Å². The summed E-state index contributed by atoms with van der Waals surface area (Å²) in [6, 6.07) is 6.04. The molecule has 2 rings (SSSR count). The molecule has 0 aromatic heterocycles. The van der Waals surface area contributed by atoms with Gasteiger partial charge < -0.3 is 14.8 Å². The van der Waals surface area contributed by atoms with Gasteiger partial charge in [-0.3, -0.25) is 0 Å². The zero-order chi connectivity index (χ0) is 14.8. The highest BCUT2D eigenvalue weighted by Crippen LogP contribution is 2.40. The normalized spacial score (nSPS) is 17.4. The van der Waals surface area contributed by atoms with E-state index in [9.17, 15) is 4.79 Å². The van der Waals surface area contributed by atoms with E-state index < -0.39 is 5.54 Å². The maximum atomic E-state index is 12.1. The molecule has 1 N–H and O–H groups in total. The van der Waals surface area contributed by atoms with Crippen molar-refractivity contribution in [2.75, 3.05) is 20.8 Å². The Morgan fingerprint density at radius 1 is 1.40 bits per heavy atom. The SMILES string of the molecule is CNC(COc1ccc(C)cc1C)(C(=O)OC)C1CC1. The van der Waals surface area contributed by atoms with Gasteiger partial charge in [0.05, 0.1) is 7.11 Å². The van der Waals surface area contributed by atoms with Crippen molar-refractivity contribution in [1.29, 1.82) is 0 Å². The van der Waals surface area contributed by atoms with E-state index in [0.717, 1.165) is 24.2 Å². The smallest absolute Gasteiger partial charge is 0.329 e. The monoisotopic (exact) mass is 277 g/mol. The second-order valence-electron chi connectivity index (χ2n) is 5.54. The lowest BCUT2D eigenvalue weighted by Gasteiger charge is -2.30. The van der Waals surface area contributed by atoms with E-state index in [-0.39, 0.29) is 5.97 Å². The van der Waals surface area contributed by atoms with E-state index >= 15 is 0 Å². The molecule has 0 spiro atoms. The minimum Gasteiger partial charge on any atom is -0.491 e. The molecule has 1 saturated carbocycles. The van der Waals surface area contributed by atoms with Crippen LogP contribution >= 0.6 is 0 Å². The van der Waals surface area contributed by atoms with Crippen LogP contribution in [-0.4, -0.2) is 32.3 Å². The maximum Gasteiger partial charge on any atom is 0.329 e. The van der Waals surface area contributed by atoms with Gasteiger partial charge in [0.25, 0.3) is 0 Å². The van der Waals surface area contributed by atoms with Crippen LogP contribution in [0.25, 0.3) is 0 Å². The molecule has 1 aromatic rings. The van der Waals surface area contributed by atoms with Crippen molar-refractivity contribution >= 4 is 5.97 Å². The number of carbonyl (C=O) groups is 1. The van der Waals surface area contributed by atoms with Crippen LogP contribution in [0.3, 0.4) is 0 Å². The second-order valence-corrected chi connectivity index (χ2v) is 5.54. The van der Waals surface area contributed by atoms with Crippen LogP contribution in [0.1, 0.15) is 24.0 Å². The maximum absolute atomic E-state index is 12.1. The molecular weight excluding hydrogens is 254 g/mol. The molecule has 0 bridgehead atoms. The Morgan fingerprint density at radius 3 is 2.60 bits per heavy atom. The highest BCUT2D eigenvalue weighted by atomic mass is 16.5. The van der Waals surface area contributed by atoms with Gasteiger partial charge in [0, 0.05) is 0 Å². The van der Waals surface area contributed by atoms with Gasteiger partial charge >= 0.3 is 5.97 Å². The third-order valence-electron chi connectivity index (χ3n) is 4.06. The summed E-state index contributed by atoms with van der Waals surface area (Å²) < 4.78 is 10.9. The van der Waals surface area contributed by atoms with E-state index in [1.807, 2.05) is 26.0 Å².